The minimum absolute atomic E-state index is 0.0319. The van der Waals surface area contributed by atoms with Crippen LogP contribution in [-0.4, -0.2) is 66.4 Å². The number of aliphatic hydroxyl groups excluding tert-OH is 2. The molecule has 0 aliphatic rings. The van der Waals surface area contributed by atoms with Crippen LogP contribution < -0.4 is 0 Å². The predicted octanol–water partition coefficient (Wildman–Crippen LogP) is 2.21. The monoisotopic (exact) mass is 367 g/mol. The van der Waals surface area contributed by atoms with Crippen LogP contribution in [-0.2, 0) is 10.1 Å². The smallest absolute Gasteiger partial charge is 0.169 e. The number of quaternary nitrogens is 1. The second kappa shape index (κ2) is 14.0. The molecule has 6 nitrogen and oxygen atoms in total. The highest BCUT2D eigenvalue weighted by Crippen LogP contribution is 2.15. The van der Waals surface area contributed by atoms with E-state index in [1.807, 2.05) is 0 Å². The van der Waals surface area contributed by atoms with E-state index < -0.39 is 16.0 Å². The molecule has 0 amide bonds. The highest BCUT2D eigenvalue weighted by atomic mass is 32.2. The maximum Gasteiger partial charge on any atom is 0.169 e. The second-order valence-electron chi connectivity index (χ2n) is 6.83. The van der Waals surface area contributed by atoms with Crippen molar-refractivity contribution in [1.29, 1.82) is 0 Å². The molecule has 0 aromatic carbocycles. The molecule has 0 atom stereocenters. The van der Waals surface area contributed by atoms with Gasteiger partial charge < -0.3 is 19.2 Å². The van der Waals surface area contributed by atoms with Crippen LogP contribution in [0.25, 0.3) is 0 Å². The van der Waals surface area contributed by atoms with E-state index >= 15 is 0 Å². The highest BCUT2D eigenvalue weighted by molar-refractivity contribution is 7.85. The molecule has 0 saturated heterocycles. The van der Waals surface area contributed by atoms with E-state index in [1.54, 1.807) is 0 Å². The van der Waals surface area contributed by atoms with E-state index in [0.29, 0.717) is 6.54 Å². The molecule has 0 aliphatic carbocycles. The highest BCUT2D eigenvalue weighted by Gasteiger charge is 2.28. The number of aliphatic hydroxyl groups is 2. The standard InChI is InChI=1S/C17H37NO5S/c1-2-3-4-5-6-7-8-9-10-11-12-18(13-15-19,14-16-20)17-24(21,22)23/h19-20H,2-17H2,1H3. The summed E-state index contributed by atoms with van der Waals surface area (Å²) in [5.74, 6) is -0.550. The van der Waals surface area contributed by atoms with Crippen molar-refractivity contribution in [2.24, 2.45) is 0 Å². The van der Waals surface area contributed by atoms with Crippen molar-refractivity contribution < 1.29 is 27.7 Å². The summed E-state index contributed by atoms with van der Waals surface area (Å²) in [5, 5.41) is 18.4. The van der Waals surface area contributed by atoms with Gasteiger partial charge >= 0.3 is 0 Å². The summed E-state index contributed by atoms with van der Waals surface area (Å²) >= 11 is 0. The van der Waals surface area contributed by atoms with Gasteiger partial charge in [-0.25, -0.2) is 8.42 Å². The van der Waals surface area contributed by atoms with E-state index in [2.05, 4.69) is 6.92 Å². The third-order valence-electron chi connectivity index (χ3n) is 4.57. The molecule has 0 fully saturated rings. The first-order valence-electron chi connectivity index (χ1n) is 9.39. The van der Waals surface area contributed by atoms with Crippen LogP contribution in [0.5, 0.6) is 0 Å². The van der Waals surface area contributed by atoms with Gasteiger partial charge in [-0.2, -0.15) is 0 Å². The zero-order valence-corrected chi connectivity index (χ0v) is 16.1. The minimum Gasteiger partial charge on any atom is -0.744 e. The normalized spacial score (nSPS) is 12.7. The van der Waals surface area contributed by atoms with E-state index in [9.17, 15) is 23.2 Å². The van der Waals surface area contributed by atoms with Crippen molar-refractivity contribution in [2.45, 2.75) is 71.1 Å². The van der Waals surface area contributed by atoms with E-state index in [0.717, 1.165) is 19.3 Å². The van der Waals surface area contributed by atoms with Gasteiger partial charge in [0.05, 0.1) is 19.8 Å². The van der Waals surface area contributed by atoms with Gasteiger partial charge in [0, 0.05) is 0 Å². The van der Waals surface area contributed by atoms with Crippen LogP contribution in [0.4, 0.5) is 0 Å². The van der Waals surface area contributed by atoms with Crippen LogP contribution in [0.1, 0.15) is 71.1 Å². The topological polar surface area (TPSA) is 97.7 Å². The summed E-state index contributed by atoms with van der Waals surface area (Å²) < 4.78 is 33.4. The fourth-order valence-electron chi connectivity index (χ4n) is 3.22. The molecule has 0 aliphatic heterocycles. The SMILES string of the molecule is CCCCCCCCCCCC[N+](CCO)(CCO)CS(=O)(=O)[O-]. The van der Waals surface area contributed by atoms with Crippen molar-refractivity contribution in [3.63, 3.8) is 0 Å². The molecule has 0 radical (unpaired) electrons. The van der Waals surface area contributed by atoms with Crippen LogP contribution in [0.15, 0.2) is 0 Å². The molecule has 0 aromatic rings. The number of nitrogens with zero attached hydrogens (tertiary/aromatic N) is 1. The van der Waals surface area contributed by atoms with E-state index in [1.165, 1.54) is 44.9 Å². The Balaban J connectivity index is 4.05. The molecule has 0 unspecified atom stereocenters. The average molecular weight is 368 g/mol. The Morgan fingerprint density at radius 2 is 1.17 bits per heavy atom. The molecule has 24 heavy (non-hydrogen) atoms. The lowest BCUT2D eigenvalue weighted by Gasteiger charge is -2.38. The molecule has 2 N–H and O–H groups in total. The Morgan fingerprint density at radius 3 is 1.54 bits per heavy atom. The van der Waals surface area contributed by atoms with Crippen molar-refractivity contribution in [2.75, 3.05) is 38.7 Å². The molecule has 0 spiro atoms. The molecular formula is C17H37NO5S. The van der Waals surface area contributed by atoms with E-state index in [-0.39, 0.29) is 30.8 Å². The summed E-state index contributed by atoms with van der Waals surface area (Å²) in [6, 6.07) is 0. The zero-order chi connectivity index (χ0) is 18.3. The number of unbranched alkanes of at least 4 members (excludes halogenated alkanes) is 9. The van der Waals surface area contributed by atoms with Crippen molar-refractivity contribution in [1.82, 2.24) is 0 Å². The number of rotatable bonds is 17. The second-order valence-corrected chi connectivity index (χ2v) is 8.20. The van der Waals surface area contributed by atoms with Crippen LogP contribution in [0.2, 0.25) is 0 Å². The quantitative estimate of drug-likeness (QED) is 0.233. The molecule has 0 aromatic heterocycles. The number of hydrogen-bond acceptors (Lipinski definition) is 5. The van der Waals surface area contributed by atoms with Gasteiger partial charge in [-0.05, 0) is 12.8 Å². The van der Waals surface area contributed by atoms with Gasteiger partial charge in [-0.3, -0.25) is 0 Å². The van der Waals surface area contributed by atoms with Gasteiger partial charge in [0.2, 0.25) is 0 Å². The first-order chi connectivity index (χ1) is 11.4. The lowest BCUT2D eigenvalue weighted by Crippen LogP contribution is -2.54. The van der Waals surface area contributed by atoms with Gasteiger partial charge in [-0.15, -0.1) is 0 Å². The minimum atomic E-state index is -4.39. The summed E-state index contributed by atoms with van der Waals surface area (Å²) in [6.45, 7) is 2.74. The Hall–Kier alpha value is -0.210. The van der Waals surface area contributed by atoms with Crippen LogP contribution >= 0.6 is 0 Å². The van der Waals surface area contributed by atoms with Crippen LogP contribution in [0, 0.1) is 0 Å². The average Bonchev–Trinajstić information content (AvgIpc) is 2.48. The van der Waals surface area contributed by atoms with Crippen molar-refractivity contribution in [3.05, 3.63) is 0 Å². The molecule has 7 heteroatoms. The zero-order valence-electron chi connectivity index (χ0n) is 15.3. The lowest BCUT2D eigenvalue weighted by atomic mass is 10.1. The van der Waals surface area contributed by atoms with Crippen LogP contribution in [0.3, 0.4) is 0 Å². The Morgan fingerprint density at radius 1 is 0.750 bits per heavy atom. The molecule has 146 valence electrons. The fraction of sp³-hybridized carbons (Fsp3) is 1.00. The first-order valence-corrected chi connectivity index (χ1v) is 11.0. The lowest BCUT2D eigenvalue weighted by molar-refractivity contribution is -0.918. The predicted molar refractivity (Wildman–Crippen MR) is 95.4 cm³/mol. The van der Waals surface area contributed by atoms with Gasteiger partial charge in [0.15, 0.2) is 5.88 Å². The molecule has 0 bridgehead atoms. The van der Waals surface area contributed by atoms with E-state index in [4.69, 9.17) is 0 Å². The maximum absolute atomic E-state index is 11.1. The van der Waals surface area contributed by atoms with Crippen molar-refractivity contribution >= 4 is 10.1 Å². The van der Waals surface area contributed by atoms with Gasteiger partial charge in [0.1, 0.15) is 23.2 Å². The summed E-state index contributed by atoms with van der Waals surface area (Å²) in [6.07, 6.45) is 11.8. The Kier molecular flexibility index (Phi) is 13.9. The molecule has 0 heterocycles. The maximum atomic E-state index is 11.1. The van der Waals surface area contributed by atoms with Gasteiger partial charge in [-0.1, -0.05) is 58.3 Å². The van der Waals surface area contributed by atoms with Crippen molar-refractivity contribution in [3.8, 4) is 0 Å². The Labute approximate surface area is 148 Å². The largest absolute Gasteiger partial charge is 0.744 e. The Bertz CT molecular complexity index is 380. The molecule has 0 saturated carbocycles. The third-order valence-corrected chi connectivity index (χ3v) is 5.43. The first kappa shape index (κ1) is 23.8. The molecular weight excluding hydrogens is 330 g/mol. The summed E-state index contributed by atoms with van der Waals surface area (Å²) in [7, 11) is -4.39. The molecule has 0 rings (SSSR count). The summed E-state index contributed by atoms with van der Waals surface area (Å²) in [5.41, 5.74) is 0. The third kappa shape index (κ3) is 13.1. The number of hydrogen-bond donors (Lipinski definition) is 2. The fourth-order valence-corrected chi connectivity index (χ4v) is 4.28. The summed E-state index contributed by atoms with van der Waals surface area (Å²) in [4.78, 5) is 0. The van der Waals surface area contributed by atoms with Gasteiger partial charge in [0.25, 0.3) is 0 Å².